The number of nitrogens with zero attached hydrogens (tertiary/aromatic N) is 2. The second-order valence-corrected chi connectivity index (χ2v) is 6.37. The normalized spacial score (nSPS) is 12.7. The first-order chi connectivity index (χ1) is 9.88. The van der Waals surface area contributed by atoms with Crippen LogP contribution in [0, 0.1) is 19.7 Å². The predicted octanol–water partition coefficient (Wildman–Crippen LogP) is 3.44. The van der Waals surface area contributed by atoms with Crippen molar-refractivity contribution in [3.63, 3.8) is 0 Å². The molecule has 0 fully saturated rings. The van der Waals surface area contributed by atoms with E-state index in [4.69, 9.17) is 5.73 Å². The summed E-state index contributed by atoms with van der Waals surface area (Å²) in [6, 6.07) is 4.72. The highest BCUT2D eigenvalue weighted by Gasteiger charge is 2.13. The van der Waals surface area contributed by atoms with E-state index in [0.717, 1.165) is 28.6 Å². The number of nitrogens with two attached hydrogens (primary N) is 1. The first-order valence-electron chi connectivity index (χ1n) is 7.07. The Balaban J connectivity index is 1.99. The monoisotopic (exact) mass is 353 g/mol. The number of hydrogen-bond acceptors (Lipinski definition) is 2. The van der Waals surface area contributed by atoms with E-state index in [2.05, 4.69) is 28.0 Å². The first kappa shape index (κ1) is 16.2. The maximum absolute atomic E-state index is 13.3. The Kier molecular flexibility index (Phi) is 5.17. The molecule has 0 amide bonds. The molecule has 0 bridgehead atoms. The summed E-state index contributed by atoms with van der Waals surface area (Å²) in [6.07, 6.45) is 2.42. The Morgan fingerprint density at radius 2 is 2.10 bits per heavy atom. The van der Waals surface area contributed by atoms with Crippen molar-refractivity contribution >= 4 is 15.9 Å². The molecule has 0 saturated carbocycles. The minimum Gasteiger partial charge on any atom is -0.327 e. The van der Waals surface area contributed by atoms with Crippen molar-refractivity contribution in [1.29, 1.82) is 0 Å². The molecular weight excluding hydrogens is 333 g/mol. The Labute approximate surface area is 133 Å². The van der Waals surface area contributed by atoms with Crippen LogP contribution in [0.15, 0.2) is 22.7 Å². The summed E-state index contributed by atoms with van der Waals surface area (Å²) in [5, 5.41) is 4.42. The number of benzene rings is 1. The molecule has 1 heterocycles. The van der Waals surface area contributed by atoms with Gasteiger partial charge in [-0.25, -0.2) is 4.39 Å². The van der Waals surface area contributed by atoms with Gasteiger partial charge < -0.3 is 5.73 Å². The Morgan fingerprint density at radius 1 is 1.38 bits per heavy atom. The van der Waals surface area contributed by atoms with Crippen LogP contribution in [0.2, 0.25) is 0 Å². The summed E-state index contributed by atoms with van der Waals surface area (Å²) >= 11 is 3.45. The van der Waals surface area contributed by atoms with Crippen LogP contribution in [-0.2, 0) is 19.9 Å². The van der Waals surface area contributed by atoms with E-state index in [1.165, 1.54) is 17.3 Å². The zero-order valence-corrected chi connectivity index (χ0v) is 14.2. The van der Waals surface area contributed by atoms with Gasteiger partial charge in [0.15, 0.2) is 0 Å². The number of aryl methyl sites for hydroxylation is 2. The maximum Gasteiger partial charge on any atom is 0.123 e. The van der Waals surface area contributed by atoms with Crippen molar-refractivity contribution in [2.45, 2.75) is 39.2 Å². The van der Waals surface area contributed by atoms with Gasteiger partial charge in [0.05, 0.1) is 5.69 Å². The van der Waals surface area contributed by atoms with Crippen molar-refractivity contribution < 1.29 is 4.39 Å². The minimum atomic E-state index is -0.223. The molecule has 21 heavy (non-hydrogen) atoms. The quantitative estimate of drug-likeness (QED) is 0.894. The summed E-state index contributed by atoms with van der Waals surface area (Å²) < 4.78 is 16.1. The number of rotatable bonds is 5. The molecule has 3 nitrogen and oxygen atoms in total. The van der Waals surface area contributed by atoms with Crippen molar-refractivity contribution in [3.8, 4) is 0 Å². The molecule has 1 aromatic heterocycles. The molecule has 2 N–H and O–H groups in total. The van der Waals surface area contributed by atoms with Crippen molar-refractivity contribution in [3.05, 3.63) is 51.0 Å². The third-order valence-electron chi connectivity index (χ3n) is 3.91. The molecule has 1 unspecified atom stereocenters. The fourth-order valence-electron chi connectivity index (χ4n) is 2.59. The van der Waals surface area contributed by atoms with Crippen LogP contribution >= 0.6 is 15.9 Å². The number of hydrogen-bond donors (Lipinski definition) is 1. The molecule has 2 rings (SSSR count). The van der Waals surface area contributed by atoms with E-state index in [-0.39, 0.29) is 11.9 Å². The van der Waals surface area contributed by atoms with Gasteiger partial charge in [-0.05, 0) is 62.4 Å². The highest BCUT2D eigenvalue weighted by atomic mass is 79.9. The van der Waals surface area contributed by atoms with E-state index in [9.17, 15) is 4.39 Å². The van der Waals surface area contributed by atoms with Gasteiger partial charge in [-0.3, -0.25) is 4.68 Å². The third-order valence-corrected chi connectivity index (χ3v) is 4.69. The number of aromatic nitrogens is 2. The van der Waals surface area contributed by atoms with E-state index < -0.39 is 0 Å². The molecule has 1 aromatic carbocycles. The molecule has 5 heteroatoms. The van der Waals surface area contributed by atoms with Gasteiger partial charge in [0, 0.05) is 23.3 Å². The van der Waals surface area contributed by atoms with Gasteiger partial charge in [0.2, 0.25) is 0 Å². The molecule has 114 valence electrons. The smallest absolute Gasteiger partial charge is 0.123 e. The van der Waals surface area contributed by atoms with Crippen LogP contribution < -0.4 is 5.73 Å². The van der Waals surface area contributed by atoms with E-state index >= 15 is 0 Å². The van der Waals surface area contributed by atoms with Gasteiger partial charge in [0.1, 0.15) is 5.82 Å². The summed E-state index contributed by atoms with van der Waals surface area (Å²) in [6.45, 7) is 4.10. The fraction of sp³-hybridized carbons (Fsp3) is 0.438. The highest BCUT2D eigenvalue weighted by Crippen LogP contribution is 2.21. The summed E-state index contributed by atoms with van der Waals surface area (Å²) in [5.74, 6) is -0.223. The molecule has 0 radical (unpaired) electrons. The molecule has 0 aliphatic carbocycles. The Morgan fingerprint density at radius 3 is 2.71 bits per heavy atom. The van der Waals surface area contributed by atoms with E-state index in [1.54, 1.807) is 12.1 Å². The average Bonchev–Trinajstić information content (AvgIpc) is 2.66. The van der Waals surface area contributed by atoms with Crippen LogP contribution in [-0.4, -0.2) is 15.8 Å². The predicted molar refractivity (Wildman–Crippen MR) is 86.8 cm³/mol. The van der Waals surface area contributed by atoms with Gasteiger partial charge in [-0.15, -0.1) is 0 Å². The minimum absolute atomic E-state index is 0.00195. The lowest BCUT2D eigenvalue weighted by atomic mass is 9.99. The van der Waals surface area contributed by atoms with E-state index in [1.807, 2.05) is 18.7 Å². The highest BCUT2D eigenvalue weighted by molar-refractivity contribution is 9.10. The van der Waals surface area contributed by atoms with Crippen LogP contribution in [0.25, 0.3) is 0 Å². The second-order valence-electron chi connectivity index (χ2n) is 5.51. The topological polar surface area (TPSA) is 43.8 Å². The Bertz CT molecular complexity index is 637. The van der Waals surface area contributed by atoms with Crippen molar-refractivity contribution in [2.75, 3.05) is 0 Å². The summed E-state index contributed by atoms with van der Waals surface area (Å²) in [4.78, 5) is 0. The molecule has 0 spiro atoms. The zero-order chi connectivity index (χ0) is 15.6. The number of halogens is 2. The van der Waals surface area contributed by atoms with Crippen LogP contribution in [0.5, 0.6) is 0 Å². The lowest BCUT2D eigenvalue weighted by Crippen LogP contribution is -2.24. The lowest BCUT2D eigenvalue weighted by molar-refractivity contribution is 0.596. The lowest BCUT2D eigenvalue weighted by Gasteiger charge is -2.13. The zero-order valence-electron chi connectivity index (χ0n) is 12.7. The van der Waals surface area contributed by atoms with Gasteiger partial charge in [-0.2, -0.15) is 5.10 Å². The molecule has 0 aliphatic heterocycles. The fourth-order valence-corrected chi connectivity index (χ4v) is 3.00. The molecule has 2 aromatic rings. The Hall–Kier alpha value is -1.20. The second kappa shape index (κ2) is 6.71. The molecule has 0 saturated heterocycles. The largest absolute Gasteiger partial charge is 0.327 e. The summed E-state index contributed by atoms with van der Waals surface area (Å²) in [7, 11) is 1.95. The average molecular weight is 354 g/mol. The molecule has 1 atom stereocenters. The summed E-state index contributed by atoms with van der Waals surface area (Å²) in [5.41, 5.74) is 10.6. The van der Waals surface area contributed by atoms with Crippen LogP contribution in [0.3, 0.4) is 0 Å². The third kappa shape index (κ3) is 3.92. The molecular formula is C16H21BrFN3. The molecule has 0 aliphatic rings. The van der Waals surface area contributed by atoms with Crippen LogP contribution in [0.4, 0.5) is 4.39 Å². The standard InChI is InChI=1S/C16H21BrFN3/c1-10-15(11(2)21(3)20-10)6-5-14(19)9-12-8-13(18)4-7-16(12)17/h4,7-8,14H,5-6,9,19H2,1-3H3. The van der Waals surface area contributed by atoms with Crippen molar-refractivity contribution in [2.24, 2.45) is 12.8 Å². The SMILES string of the molecule is Cc1nn(C)c(C)c1CCC(N)Cc1cc(F)ccc1Br. The van der Waals surface area contributed by atoms with Crippen molar-refractivity contribution in [1.82, 2.24) is 9.78 Å². The van der Waals surface area contributed by atoms with Crippen LogP contribution in [0.1, 0.15) is 28.9 Å². The van der Waals surface area contributed by atoms with Gasteiger partial charge in [-0.1, -0.05) is 15.9 Å². The first-order valence-corrected chi connectivity index (χ1v) is 7.86. The van der Waals surface area contributed by atoms with Gasteiger partial charge in [0.25, 0.3) is 0 Å². The van der Waals surface area contributed by atoms with E-state index in [0.29, 0.717) is 6.42 Å². The van der Waals surface area contributed by atoms with Gasteiger partial charge >= 0.3 is 0 Å². The maximum atomic E-state index is 13.3.